The Morgan fingerprint density at radius 3 is 2.64 bits per heavy atom. The summed E-state index contributed by atoms with van der Waals surface area (Å²) in [4.78, 5) is 18.8. The van der Waals surface area contributed by atoms with Gasteiger partial charge in [0, 0.05) is 44.2 Å². The number of Topliss-reactive ketones (excluding diaryl/α,β-unsaturated/α-hetero) is 1. The van der Waals surface area contributed by atoms with Gasteiger partial charge < -0.3 is 9.64 Å². The van der Waals surface area contributed by atoms with Gasteiger partial charge in [0.05, 0.1) is 6.42 Å². The van der Waals surface area contributed by atoms with E-state index in [9.17, 15) is 18.0 Å². The van der Waals surface area contributed by atoms with E-state index >= 15 is 4.39 Å². The number of carbonyl (C=O) groups excluding carboxylic acids is 1. The standard InChI is InChI=1S/C25H32F4N4O3/c1-17-22(32-36-31-17)15-20(34)14-18-4-8-24(26,9-5-18)10-13-33-11-6-19-2-3-23(30-21(19)7-12-33)35-16-25(27,28)29/h2-3,18H,4-16H2,1H3. The molecule has 1 aliphatic carbocycles. The fourth-order valence-electron chi connectivity index (χ4n) is 5.07. The molecular formula is C25H32F4N4O3. The molecular weight excluding hydrogens is 480 g/mol. The molecule has 0 spiro atoms. The zero-order chi connectivity index (χ0) is 25.8. The normalized spacial score (nSPS) is 23.2. The molecule has 0 atom stereocenters. The Morgan fingerprint density at radius 1 is 1.19 bits per heavy atom. The molecule has 0 aromatic carbocycles. The van der Waals surface area contributed by atoms with Crippen LogP contribution in [0.2, 0.25) is 0 Å². The van der Waals surface area contributed by atoms with E-state index in [-0.39, 0.29) is 24.0 Å². The summed E-state index contributed by atoms with van der Waals surface area (Å²) in [5.74, 6) is 0.245. The molecule has 2 aromatic heterocycles. The molecule has 11 heteroatoms. The van der Waals surface area contributed by atoms with Gasteiger partial charge in [-0.3, -0.25) is 4.79 Å². The SMILES string of the molecule is Cc1nonc1CC(=O)CC1CCC(F)(CCN2CCc3ccc(OCC(F)(F)F)nc3CC2)CC1. The highest BCUT2D eigenvalue weighted by molar-refractivity contribution is 5.80. The smallest absolute Gasteiger partial charge is 0.422 e. The Hall–Kier alpha value is -2.56. The number of aromatic nitrogens is 3. The van der Waals surface area contributed by atoms with Gasteiger partial charge in [0.2, 0.25) is 5.88 Å². The molecule has 1 fully saturated rings. The quantitative estimate of drug-likeness (QED) is 0.454. The maximum absolute atomic E-state index is 15.5. The zero-order valence-electron chi connectivity index (χ0n) is 20.4. The largest absolute Gasteiger partial charge is 0.468 e. The van der Waals surface area contributed by atoms with Crippen LogP contribution in [0.4, 0.5) is 17.6 Å². The van der Waals surface area contributed by atoms with E-state index in [0.717, 1.165) is 17.8 Å². The average molecular weight is 513 g/mol. The van der Waals surface area contributed by atoms with E-state index < -0.39 is 18.5 Å². The van der Waals surface area contributed by atoms with Gasteiger partial charge in [-0.1, -0.05) is 16.4 Å². The van der Waals surface area contributed by atoms with E-state index in [0.29, 0.717) is 75.8 Å². The maximum atomic E-state index is 15.5. The first-order chi connectivity index (χ1) is 17.1. The van der Waals surface area contributed by atoms with Gasteiger partial charge in [0.1, 0.15) is 22.8 Å². The van der Waals surface area contributed by atoms with Crippen LogP contribution in [0.1, 0.15) is 61.2 Å². The molecule has 2 aromatic rings. The molecule has 3 heterocycles. The van der Waals surface area contributed by atoms with Gasteiger partial charge in [0.15, 0.2) is 6.61 Å². The van der Waals surface area contributed by atoms with Crippen molar-refractivity contribution in [1.82, 2.24) is 20.2 Å². The zero-order valence-corrected chi connectivity index (χ0v) is 20.4. The van der Waals surface area contributed by atoms with Crippen molar-refractivity contribution in [3.8, 4) is 5.88 Å². The minimum atomic E-state index is -4.41. The third-order valence-electron chi connectivity index (χ3n) is 7.29. The number of nitrogens with zero attached hydrogens (tertiary/aromatic N) is 4. The predicted octanol–water partition coefficient (Wildman–Crippen LogP) is 4.61. The number of alkyl halides is 4. The summed E-state index contributed by atoms with van der Waals surface area (Å²) < 4.78 is 62.2. The molecule has 0 bridgehead atoms. The molecule has 198 valence electrons. The number of halogens is 4. The summed E-state index contributed by atoms with van der Waals surface area (Å²) in [5, 5.41) is 7.45. The van der Waals surface area contributed by atoms with E-state index in [2.05, 4.69) is 24.8 Å². The molecule has 0 saturated heterocycles. The first kappa shape index (κ1) is 26.5. The van der Waals surface area contributed by atoms with Crippen LogP contribution in [0.3, 0.4) is 0 Å². The van der Waals surface area contributed by atoms with Gasteiger partial charge in [0.25, 0.3) is 0 Å². The molecule has 0 unspecified atom stereocenters. The number of fused-ring (bicyclic) bond motifs is 1. The minimum absolute atomic E-state index is 0.0229. The molecule has 1 aliphatic heterocycles. The topological polar surface area (TPSA) is 81.4 Å². The molecule has 36 heavy (non-hydrogen) atoms. The van der Waals surface area contributed by atoms with Crippen LogP contribution in [0.25, 0.3) is 0 Å². The second-order valence-corrected chi connectivity index (χ2v) is 10.1. The molecule has 4 rings (SSSR count). The Balaban J connectivity index is 1.20. The van der Waals surface area contributed by atoms with Gasteiger partial charge in [-0.25, -0.2) is 14.0 Å². The summed E-state index contributed by atoms with van der Waals surface area (Å²) in [7, 11) is 0. The Labute approximate surface area is 207 Å². The van der Waals surface area contributed by atoms with Crippen molar-refractivity contribution >= 4 is 5.78 Å². The van der Waals surface area contributed by atoms with Gasteiger partial charge >= 0.3 is 6.18 Å². The Morgan fingerprint density at radius 2 is 1.94 bits per heavy atom. The number of ketones is 1. The second kappa shape index (κ2) is 11.2. The lowest BCUT2D eigenvalue weighted by molar-refractivity contribution is -0.154. The third kappa shape index (κ3) is 7.47. The second-order valence-electron chi connectivity index (χ2n) is 10.1. The van der Waals surface area contributed by atoms with Crippen LogP contribution < -0.4 is 4.74 Å². The first-order valence-corrected chi connectivity index (χ1v) is 12.5. The van der Waals surface area contributed by atoms with Gasteiger partial charge in [-0.2, -0.15) is 13.2 Å². The fourth-order valence-corrected chi connectivity index (χ4v) is 5.07. The van der Waals surface area contributed by atoms with Crippen LogP contribution in [-0.2, 0) is 24.1 Å². The van der Waals surface area contributed by atoms with Crippen LogP contribution in [0.15, 0.2) is 16.8 Å². The fraction of sp³-hybridized carbons (Fsp3) is 0.680. The summed E-state index contributed by atoms with van der Waals surface area (Å²) in [6.07, 6.45) is 0.231. The maximum Gasteiger partial charge on any atom is 0.422 e. The number of hydrogen-bond acceptors (Lipinski definition) is 7. The number of rotatable bonds is 9. The summed E-state index contributed by atoms with van der Waals surface area (Å²) >= 11 is 0. The van der Waals surface area contributed by atoms with Crippen molar-refractivity contribution in [3.05, 3.63) is 34.8 Å². The lowest BCUT2D eigenvalue weighted by Gasteiger charge is -2.35. The van der Waals surface area contributed by atoms with Crippen molar-refractivity contribution in [2.75, 3.05) is 26.2 Å². The van der Waals surface area contributed by atoms with Crippen molar-refractivity contribution in [3.63, 3.8) is 0 Å². The summed E-state index contributed by atoms with van der Waals surface area (Å²) in [6.45, 7) is 2.43. The summed E-state index contributed by atoms with van der Waals surface area (Å²) in [5.41, 5.74) is 1.69. The van der Waals surface area contributed by atoms with Crippen molar-refractivity contribution < 1.29 is 31.7 Å². The summed E-state index contributed by atoms with van der Waals surface area (Å²) in [6, 6.07) is 3.25. The lowest BCUT2D eigenvalue weighted by Crippen LogP contribution is -2.36. The number of aryl methyl sites for hydroxylation is 1. The highest BCUT2D eigenvalue weighted by Crippen LogP contribution is 2.39. The molecule has 0 N–H and O–H groups in total. The average Bonchev–Trinajstić information content (AvgIpc) is 3.11. The number of carbonyl (C=O) groups is 1. The molecule has 7 nitrogen and oxygen atoms in total. The van der Waals surface area contributed by atoms with E-state index in [4.69, 9.17) is 4.74 Å². The minimum Gasteiger partial charge on any atom is -0.468 e. The van der Waals surface area contributed by atoms with Crippen molar-refractivity contribution in [1.29, 1.82) is 0 Å². The molecule has 0 radical (unpaired) electrons. The molecule has 0 amide bonds. The van der Waals surface area contributed by atoms with E-state index in [1.807, 2.05) is 0 Å². The van der Waals surface area contributed by atoms with E-state index in [1.54, 1.807) is 13.0 Å². The number of ether oxygens (including phenoxy) is 1. The van der Waals surface area contributed by atoms with Gasteiger partial charge in [-0.15, -0.1) is 0 Å². The van der Waals surface area contributed by atoms with Crippen LogP contribution in [0.5, 0.6) is 5.88 Å². The molecule has 2 aliphatic rings. The van der Waals surface area contributed by atoms with Crippen LogP contribution in [0, 0.1) is 12.8 Å². The third-order valence-corrected chi connectivity index (χ3v) is 7.29. The highest BCUT2D eigenvalue weighted by Gasteiger charge is 2.36. The predicted molar refractivity (Wildman–Crippen MR) is 122 cm³/mol. The van der Waals surface area contributed by atoms with Gasteiger partial charge in [-0.05, 0) is 56.9 Å². The van der Waals surface area contributed by atoms with Crippen molar-refractivity contribution in [2.24, 2.45) is 5.92 Å². The van der Waals surface area contributed by atoms with Crippen molar-refractivity contribution in [2.45, 2.75) is 76.6 Å². The monoisotopic (exact) mass is 512 g/mol. The Kier molecular flexibility index (Phi) is 8.27. The molecule has 1 saturated carbocycles. The lowest BCUT2D eigenvalue weighted by atomic mass is 9.76. The van der Waals surface area contributed by atoms with Crippen LogP contribution in [-0.4, -0.2) is 64.1 Å². The first-order valence-electron chi connectivity index (χ1n) is 12.5. The number of hydrogen-bond donors (Lipinski definition) is 0. The highest BCUT2D eigenvalue weighted by atomic mass is 19.4. The van der Waals surface area contributed by atoms with Crippen LogP contribution >= 0.6 is 0 Å². The Bertz CT molecular complexity index is 1030. The number of pyridine rings is 1. The van der Waals surface area contributed by atoms with E-state index in [1.165, 1.54) is 6.07 Å².